The minimum Gasteiger partial charge on any atom is -0.478 e. The molecule has 0 radical (unpaired) electrons. The second kappa shape index (κ2) is 30.3. The average molecular weight is 444 g/mol. The van der Waals surface area contributed by atoms with Crippen LogP contribution >= 0.6 is 0 Å². The van der Waals surface area contributed by atoms with Gasteiger partial charge in [-0.3, -0.25) is 9.59 Å². The van der Waals surface area contributed by atoms with Gasteiger partial charge in [0.05, 0.1) is 0 Å². The molecule has 2 amide bonds. The summed E-state index contributed by atoms with van der Waals surface area (Å²) in [6.45, 7) is 8.66. The molecule has 0 heterocycles. The standard InChI is InChI=1S/C19H38N2O2.C3H4O2.C2H7N/c1-3-5-6-7-8-9-10-11-12-13-17-21-19(23)15-14-18(22)20-16-4-2;1-2-3(4)5;1-3-2/h3-17H2,1-2H3,(H,20,22)(H,21,23);2H,1H2,(H,4,5);3H,1-2H3. The molecule has 184 valence electrons. The Labute approximate surface area is 190 Å². The maximum atomic E-state index is 11.6. The predicted octanol–water partition coefficient (Wildman–Crippen LogP) is 4.42. The molecule has 0 atom stereocenters. The van der Waals surface area contributed by atoms with E-state index >= 15 is 0 Å². The third kappa shape index (κ3) is 39.2. The van der Waals surface area contributed by atoms with Crippen molar-refractivity contribution in [1.29, 1.82) is 0 Å². The van der Waals surface area contributed by atoms with Gasteiger partial charge < -0.3 is 21.1 Å². The summed E-state index contributed by atoms with van der Waals surface area (Å²) in [6.07, 6.45) is 15.4. The number of hydrogen-bond acceptors (Lipinski definition) is 4. The normalized spacial score (nSPS) is 9.42. The third-order valence-corrected chi connectivity index (χ3v) is 4.18. The van der Waals surface area contributed by atoms with E-state index < -0.39 is 5.97 Å². The zero-order valence-corrected chi connectivity index (χ0v) is 20.6. The lowest BCUT2D eigenvalue weighted by molar-refractivity contribution is -0.131. The number of nitrogens with one attached hydrogen (secondary N) is 3. The van der Waals surface area contributed by atoms with E-state index in [1.165, 1.54) is 57.8 Å². The number of unbranched alkanes of at least 4 members (excludes halogenated alkanes) is 9. The molecule has 0 unspecified atom stereocenters. The zero-order chi connectivity index (χ0) is 24.2. The van der Waals surface area contributed by atoms with E-state index in [1.807, 2.05) is 21.0 Å². The summed E-state index contributed by atoms with van der Waals surface area (Å²) in [4.78, 5) is 32.2. The molecule has 0 rings (SSSR count). The molecule has 0 aliphatic rings. The molecule has 0 aliphatic heterocycles. The van der Waals surface area contributed by atoms with Crippen LogP contribution < -0.4 is 16.0 Å². The highest BCUT2D eigenvalue weighted by molar-refractivity contribution is 5.83. The Morgan fingerprint density at radius 1 is 0.710 bits per heavy atom. The summed E-state index contributed by atoms with van der Waals surface area (Å²) in [5, 5.41) is 16.0. The summed E-state index contributed by atoms with van der Waals surface area (Å²) in [6, 6.07) is 0. The minimum absolute atomic E-state index is 0.00688. The maximum Gasteiger partial charge on any atom is 0.327 e. The Morgan fingerprint density at radius 3 is 1.42 bits per heavy atom. The van der Waals surface area contributed by atoms with Gasteiger partial charge in [-0.1, -0.05) is 78.2 Å². The lowest BCUT2D eigenvalue weighted by atomic mass is 10.1. The molecule has 0 aromatic heterocycles. The van der Waals surface area contributed by atoms with Crippen LogP contribution in [0, 0.1) is 0 Å². The van der Waals surface area contributed by atoms with Crippen molar-refractivity contribution >= 4 is 17.8 Å². The number of carbonyl (C=O) groups is 3. The van der Waals surface area contributed by atoms with Gasteiger partial charge >= 0.3 is 5.97 Å². The monoisotopic (exact) mass is 443 g/mol. The van der Waals surface area contributed by atoms with Gasteiger partial charge in [0.1, 0.15) is 0 Å². The van der Waals surface area contributed by atoms with Crippen molar-refractivity contribution in [2.75, 3.05) is 27.2 Å². The first-order chi connectivity index (χ1) is 14.9. The van der Waals surface area contributed by atoms with E-state index in [1.54, 1.807) is 0 Å². The maximum absolute atomic E-state index is 11.6. The van der Waals surface area contributed by atoms with E-state index in [4.69, 9.17) is 5.11 Å². The first-order valence-corrected chi connectivity index (χ1v) is 11.9. The van der Waals surface area contributed by atoms with Gasteiger partial charge in [0.2, 0.25) is 11.8 Å². The number of amides is 2. The fourth-order valence-corrected chi connectivity index (χ4v) is 2.51. The van der Waals surface area contributed by atoms with Crippen LogP contribution in [-0.2, 0) is 14.4 Å². The Morgan fingerprint density at radius 2 is 1.06 bits per heavy atom. The average Bonchev–Trinajstić information content (AvgIpc) is 2.75. The highest BCUT2D eigenvalue weighted by Crippen LogP contribution is 2.10. The smallest absolute Gasteiger partial charge is 0.327 e. The van der Waals surface area contributed by atoms with Crippen molar-refractivity contribution in [3.05, 3.63) is 12.7 Å². The first kappa shape index (κ1) is 33.7. The van der Waals surface area contributed by atoms with Crippen LogP contribution in [0.4, 0.5) is 0 Å². The van der Waals surface area contributed by atoms with Crippen LogP contribution in [0.3, 0.4) is 0 Å². The molecule has 31 heavy (non-hydrogen) atoms. The molecule has 0 aliphatic carbocycles. The van der Waals surface area contributed by atoms with Crippen LogP contribution in [0.2, 0.25) is 0 Å². The van der Waals surface area contributed by atoms with Gasteiger partial charge in [0.15, 0.2) is 0 Å². The number of carbonyl (C=O) groups excluding carboxylic acids is 2. The summed E-state index contributed by atoms with van der Waals surface area (Å²) in [7, 11) is 3.75. The zero-order valence-electron chi connectivity index (χ0n) is 20.6. The second-order valence-corrected chi connectivity index (χ2v) is 7.42. The molecule has 0 spiro atoms. The van der Waals surface area contributed by atoms with Gasteiger partial charge in [-0.25, -0.2) is 4.79 Å². The topological polar surface area (TPSA) is 108 Å². The molecular formula is C24H49N3O4. The molecule has 7 heteroatoms. The molecule has 0 fully saturated rings. The fourth-order valence-electron chi connectivity index (χ4n) is 2.51. The van der Waals surface area contributed by atoms with Gasteiger partial charge in [-0.2, -0.15) is 0 Å². The summed E-state index contributed by atoms with van der Waals surface area (Å²) >= 11 is 0. The van der Waals surface area contributed by atoms with Gasteiger partial charge in [0, 0.05) is 32.0 Å². The Balaban J connectivity index is -0.000000833. The van der Waals surface area contributed by atoms with Crippen LogP contribution in [0.5, 0.6) is 0 Å². The Bertz CT molecular complexity index is 429. The van der Waals surface area contributed by atoms with Gasteiger partial charge in [0.25, 0.3) is 0 Å². The number of carboxylic acid groups (broad SMARTS) is 1. The summed E-state index contributed by atoms with van der Waals surface area (Å²) in [5.41, 5.74) is 0. The third-order valence-electron chi connectivity index (χ3n) is 4.18. The molecule has 0 aromatic rings. The lowest BCUT2D eigenvalue weighted by Gasteiger charge is -2.06. The van der Waals surface area contributed by atoms with Crippen LogP contribution in [-0.4, -0.2) is 50.1 Å². The number of hydrogen-bond donors (Lipinski definition) is 4. The van der Waals surface area contributed by atoms with Crippen molar-refractivity contribution in [2.24, 2.45) is 0 Å². The van der Waals surface area contributed by atoms with Crippen LogP contribution in [0.15, 0.2) is 12.7 Å². The molecule has 0 saturated carbocycles. The van der Waals surface area contributed by atoms with E-state index in [9.17, 15) is 14.4 Å². The molecule has 4 N–H and O–H groups in total. The van der Waals surface area contributed by atoms with Crippen LogP contribution in [0.25, 0.3) is 0 Å². The number of carboxylic acids is 1. The molecule has 0 bridgehead atoms. The van der Waals surface area contributed by atoms with Crippen molar-refractivity contribution in [1.82, 2.24) is 16.0 Å². The minimum atomic E-state index is -0.981. The summed E-state index contributed by atoms with van der Waals surface area (Å²) < 4.78 is 0. The van der Waals surface area contributed by atoms with E-state index in [2.05, 4.69) is 29.5 Å². The highest BCUT2D eigenvalue weighted by atomic mass is 16.4. The SMILES string of the molecule is C=CC(=O)O.CCCCCCCCCCCCNC(=O)CCC(=O)NCCC.CNC. The van der Waals surface area contributed by atoms with Gasteiger partial charge in [-0.05, 0) is 26.9 Å². The Hall–Kier alpha value is -1.89. The van der Waals surface area contributed by atoms with Crippen molar-refractivity contribution in [3.8, 4) is 0 Å². The molecule has 7 nitrogen and oxygen atoms in total. The highest BCUT2D eigenvalue weighted by Gasteiger charge is 2.05. The van der Waals surface area contributed by atoms with Crippen LogP contribution in [0.1, 0.15) is 97.3 Å². The van der Waals surface area contributed by atoms with Crippen molar-refractivity contribution < 1.29 is 19.5 Å². The first-order valence-electron chi connectivity index (χ1n) is 11.9. The molecular weight excluding hydrogens is 394 g/mol. The number of aliphatic carboxylic acids is 1. The fraction of sp³-hybridized carbons (Fsp3) is 0.792. The lowest BCUT2D eigenvalue weighted by Crippen LogP contribution is -2.28. The van der Waals surface area contributed by atoms with Gasteiger partial charge in [-0.15, -0.1) is 0 Å². The quantitative estimate of drug-likeness (QED) is 0.197. The van der Waals surface area contributed by atoms with Crippen molar-refractivity contribution in [2.45, 2.75) is 97.3 Å². The Kier molecular flexibility index (Phi) is 33.0. The largest absolute Gasteiger partial charge is 0.478 e. The predicted molar refractivity (Wildman–Crippen MR) is 130 cm³/mol. The molecule has 0 aromatic carbocycles. The second-order valence-electron chi connectivity index (χ2n) is 7.42. The summed E-state index contributed by atoms with van der Waals surface area (Å²) in [5.74, 6) is -1.02. The number of rotatable bonds is 17. The van der Waals surface area contributed by atoms with E-state index in [0.717, 1.165) is 25.5 Å². The van der Waals surface area contributed by atoms with Crippen molar-refractivity contribution in [3.63, 3.8) is 0 Å². The van der Waals surface area contributed by atoms with E-state index in [0.29, 0.717) is 19.4 Å². The molecule has 0 saturated heterocycles. The van der Waals surface area contributed by atoms with E-state index in [-0.39, 0.29) is 11.8 Å².